The highest BCUT2D eigenvalue weighted by atomic mass is 16.6. The van der Waals surface area contributed by atoms with Crippen molar-refractivity contribution in [3.05, 3.63) is 60.2 Å². The summed E-state index contributed by atoms with van der Waals surface area (Å²) in [6, 6.07) is 18.2. The summed E-state index contributed by atoms with van der Waals surface area (Å²) in [5.41, 5.74) is 2.78. The van der Waals surface area contributed by atoms with Gasteiger partial charge in [0.05, 0.1) is 12.5 Å². The van der Waals surface area contributed by atoms with Gasteiger partial charge in [0.1, 0.15) is 5.60 Å². The fourth-order valence-electron chi connectivity index (χ4n) is 3.22. The van der Waals surface area contributed by atoms with Gasteiger partial charge in [-0.15, -0.1) is 0 Å². The lowest BCUT2D eigenvalue weighted by Gasteiger charge is -2.25. The number of nitrogens with one attached hydrogen (secondary N) is 1. The van der Waals surface area contributed by atoms with Gasteiger partial charge in [-0.25, -0.2) is 4.79 Å². The van der Waals surface area contributed by atoms with Crippen LogP contribution in [0.2, 0.25) is 0 Å². The molecule has 0 aliphatic rings. The Hall–Kier alpha value is -2.82. The first kappa shape index (κ1) is 23.5. The molecule has 0 fully saturated rings. The van der Waals surface area contributed by atoms with Crippen LogP contribution in [-0.2, 0) is 20.7 Å². The second-order valence-electron chi connectivity index (χ2n) is 8.50. The minimum absolute atomic E-state index is 0.248. The Morgan fingerprint density at radius 1 is 0.967 bits per heavy atom. The molecule has 0 aliphatic carbocycles. The highest BCUT2D eigenvalue weighted by molar-refractivity contribution is 5.72. The van der Waals surface area contributed by atoms with Gasteiger partial charge in [0.2, 0.25) is 0 Å². The lowest BCUT2D eigenvalue weighted by molar-refractivity contribution is -0.147. The molecule has 0 spiro atoms. The Balaban J connectivity index is 2.10. The molecule has 162 valence electrons. The van der Waals surface area contributed by atoms with E-state index in [1.165, 1.54) is 0 Å². The van der Waals surface area contributed by atoms with E-state index in [2.05, 4.69) is 41.7 Å². The number of alkyl carbamates (subject to hydrolysis) is 1. The van der Waals surface area contributed by atoms with Gasteiger partial charge in [0, 0.05) is 6.04 Å². The van der Waals surface area contributed by atoms with Crippen LogP contribution in [-0.4, -0.2) is 30.3 Å². The number of amides is 1. The molecule has 1 amide bonds. The number of rotatable bonds is 8. The van der Waals surface area contributed by atoms with Gasteiger partial charge >= 0.3 is 12.1 Å². The SMILES string of the molecule is CCOC(=O)[C@@H](C)CC(Cc1ccc(-c2ccccc2)cc1)NC(=O)OC(C)(C)C. The van der Waals surface area contributed by atoms with Gasteiger partial charge in [-0.3, -0.25) is 4.79 Å². The summed E-state index contributed by atoms with van der Waals surface area (Å²) < 4.78 is 10.5. The zero-order chi connectivity index (χ0) is 22.1. The van der Waals surface area contributed by atoms with Crippen LogP contribution in [0.15, 0.2) is 54.6 Å². The van der Waals surface area contributed by atoms with Gasteiger partial charge in [-0.2, -0.15) is 0 Å². The van der Waals surface area contributed by atoms with Crippen molar-refractivity contribution in [1.82, 2.24) is 5.32 Å². The lowest BCUT2D eigenvalue weighted by Crippen LogP contribution is -2.41. The largest absolute Gasteiger partial charge is 0.466 e. The van der Waals surface area contributed by atoms with Crippen molar-refractivity contribution in [1.29, 1.82) is 0 Å². The molecule has 1 N–H and O–H groups in total. The zero-order valence-corrected chi connectivity index (χ0v) is 18.6. The molecule has 0 saturated heterocycles. The third-order valence-electron chi connectivity index (χ3n) is 4.59. The van der Waals surface area contributed by atoms with Crippen molar-refractivity contribution in [3.8, 4) is 11.1 Å². The molecule has 2 aromatic rings. The van der Waals surface area contributed by atoms with Gasteiger partial charge in [-0.1, -0.05) is 61.5 Å². The molecule has 5 heteroatoms. The number of benzene rings is 2. The summed E-state index contributed by atoms with van der Waals surface area (Å²) in [5, 5.41) is 2.93. The van der Waals surface area contributed by atoms with Crippen molar-refractivity contribution in [2.45, 2.75) is 59.1 Å². The predicted octanol–water partition coefficient (Wildman–Crippen LogP) is 5.38. The minimum Gasteiger partial charge on any atom is -0.466 e. The molecule has 0 aromatic heterocycles. The van der Waals surface area contributed by atoms with Crippen LogP contribution in [0.5, 0.6) is 0 Å². The second-order valence-corrected chi connectivity index (χ2v) is 8.50. The Bertz CT molecular complexity index is 809. The Labute approximate surface area is 179 Å². The summed E-state index contributed by atoms with van der Waals surface area (Å²) in [6.07, 6.45) is 0.584. The van der Waals surface area contributed by atoms with E-state index in [1.807, 2.05) is 45.9 Å². The molecule has 1 unspecified atom stereocenters. The molecule has 2 atom stereocenters. The summed E-state index contributed by atoms with van der Waals surface area (Å²) in [4.78, 5) is 24.4. The maximum atomic E-state index is 12.3. The van der Waals surface area contributed by atoms with Gasteiger partial charge in [-0.05, 0) is 57.2 Å². The number of ether oxygens (including phenoxy) is 2. The fourth-order valence-corrected chi connectivity index (χ4v) is 3.22. The maximum Gasteiger partial charge on any atom is 0.407 e. The van der Waals surface area contributed by atoms with E-state index in [4.69, 9.17) is 9.47 Å². The van der Waals surface area contributed by atoms with Crippen molar-refractivity contribution >= 4 is 12.1 Å². The average molecular weight is 412 g/mol. The number of hydrogen-bond acceptors (Lipinski definition) is 4. The molecule has 2 aromatic carbocycles. The van der Waals surface area contributed by atoms with E-state index in [-0.39, 0.29) is 17.9 Å². The molecule has 0 saturated carbocycles. The van der Waals surface area contributed by atoms with Gasteiger partial charge < -0.3 is 14.8 Å². The second kappa shape index (κ2) is 10.8. The average Bonchev–Trinajstić information content (AvgIpc) is 2.68. The molecule has 2 rings (SSSR count). The Kier molecular flexibility index (Phi) is 8.46. The highest BCUT2D eigenvalue weighted by Crippen LogP contribution is 2.21. The van der Waals surface area contributed by atoms with Crippen LogP contribution in [0.1, 0.15) is 46.6 Å². The molecular weight excluding hydrogens is 378 g/mol. The van der Waals surface area contributed by atoms with Gasteiger partial charge in [0.15, 0.2) is 0 Å². The van der Waals surface area contributed by atoms with Crippen LogP contribution >= 0.6 is 0 Å². The molecule has 0 aliphatic heterocycles. The van der Waals surface area contributed by atoms with Gasteiger partial charge in [0.25, 0.3) is 0 Å². The number of carbonyl (C=O) groups is 2. The van der Waals surface area contributed by atoms with E-state index in [0.717, 1.165) is 16.7 Å². The third kappa shape index (κ3) is 7.90. The first-order chi connectivity index (χ1) is 14.2. The number of esters is 1. The van der Waals surface area contributed by atoms with Crippen LogP contribution < -0.4 is 5.32 Å². The molecule has 0 bridgehead atoms. The van der Waals surface area contributed by atoms with Crippen LogP contribution in [0, 0.1) is 5.92 Å². The first-order valence-corrected chi connectivity index (χ1v) is 10.5. The molecular formula is C25H33NO4. The van der Waals surface area contributed by atoms with Crippen LogP contribution in [0.4, 0.5) is 4.79 Å². The lowest BCUT2D eigenvalue weighted by atomic mass is 9.95. The molecule has 0 radical (unpaired) electrons. The van der Waals surface area contributed by atoms with Crippen molar-refractivity contribution < 1.29 is 19.1 Å². The standard InChI is InChI=1S/C25H33NO4/c1-6-29-23(27)18(2)16-22(26-24(28)30-25(3,4)5)17-19-12-14-21(15-13-19)20-10-8-7-9-11-20/h7-15,18,22H,6,16-17H2,1-5H3,(H,26,28)/t18-,22?/m0/s1. The van der Waals surface area contributed by atoms with Crippen LogP contribution in [0.3, 0.4) is 0 Å². The Morgan fingerprint density at radius 3 is 2.13 bits per heavy atom. The van der Waals surface area contributed by atoms with Crippen molar-refractivity contribution in [3.63, 3.8) is 0 Å². The highest BCUT2D eigenvalue weighted by Gasteiger charge is 2.24. The Morgan fingerprint density at radius 2 is 1.57 bits per heavy atom. The number of carbonyl (C=O) groups excluding carboxylic acids is 2. The smallest absolute Gasteiger partial charge is 0.407 e. The zero-order valence-electron chi connectivity index (χ0n) is 18.6. The molecule has 0 heterocycles. The first-order valence-electron chi connectivity index (χ1n) is 10.5. The van der Waals surface area contributed by atoms with E-state index >= 15 is 0 Å². The van der Waals surface area contributed by atoms with Crippen molar-refractivity contribution in [2.75, 3.05) is 6.61 Å². The van der Waals surface area contributed by atoms with E-state index in [1.54, 1.807) is 6.92 Å². The van der Waals surface area contributed by atoms with E-state index < -0.39 is 11.7 Å². The summed E-state index contributed by atoms with van der Waals surface area (Å²) in [6.45, 7) is 9.42. The summed E-state index contributed by atoms with van der Waals surface area (Å²) in [7, 11) is 0. The minimum atomic E-state index is -0.585. The maximum absolute atomic E-state index is 12.3. The number of hydrogen-bond donors (Lipinski definition) is 1. The van der Waals surface area contributed by atoms with E-state index in [9.17, 15) is 9.59 Å². The summed E-state index contributed by atoms with van der Waals surface area (Å²) in [5.74, 6) is -0.582. The monoisotopic (exact) mass is 411 g/mol. The molecule has 5 nitrogen and oxygen atoms in total. The summed E-state index contributed by atoms with van der Waals surface area (Å²) >= 11 is 0. The third-order valence-corrected chi connectivity index (χ3v) is 4.59. The quantitative estimate of drug-likeness (QED) is 0.593. The normalized spacial score (nSPS) is 13.2. The topological polar surface area (TPSA) is 64.6 Å². The molecule has 30 heavy (non-hydrogen) atoms. The van der Waals surface area contributed by atoms with Crippen LogP contribution in [0.25, 0.3) is 11.1 Å². The fraction of sp³-hybridized carbons (Fsp3) is 0.440. The van der Waals surface area contributed by atoms with E-state index in [0.29, 0.717) is 19.4 Å². The predicted molar refractivity (Wildman–Crippen MR) is 119 cm³/mol. The van der Waals surface area contributed by atoms with Crippen molar-refractivity contribution in [2.24, 2.45) is 5.92 Å².